The van der Waals surface area contributed by atoms with Crippen LogP contribution >= 0.6 is 0 Å². The van der Waals surface area contributed by atoms with Crippen molar-refractivity contribution in [2.75, 3.05) is 6.61 Å². The lowest BCUT2D eigenvalue weighted by atomic mass is 9.79. The van der Waals surface area contributed by atoms with E-state index in [0.717, 1.165) is 27.7 Å². The lowest BCUT2D eigenvalue weighted by Crippen LogP contribution is -2.66. The minimum atomic E-state index is -1.52. The van der Waals surface area contributed by atoms with Gasteiger partial charge in [0.1, 0.15) is 24.9 Å². The molecule has 14 heteroatoms. The van der Waals surface area contributed by atoms with Crippen LogP contribution in [0.4, 0.5) is 0 Å². The van der Waals surface area contributed by atoms with Crippen LogP contribution in [-0.4, -0.2) is 91.4 Å². The number of hydrogen-bond acceptors (Lipinski definition) is 14. The minimum Gasteiger partial charge on any atom is -0.463 e. The number of ether oxygens (including phenoxy) is 8. The Morgan fingerprint density at radius 2 is 1.24 bits per heavy atom. The molecule has 37 heavy (non-hydrogen) atoms. The zero-order chi connectivity index (χ0) is 27.4. The van der Waals surface area contributed by atoms with E-state index in [1.54, 1.807) is 0 Å². The van der Waals surface area contributed by atoms with E-state index < -0.39 is 97.4 Å². The standard InChI is InChI=1S/C23H30O14/c1-9(24)30-8-16-19(32-11(3)26)20(33-12(4)27)21(34-13(5)28)23(36-16)37-17-14-6-7-15(35-22(14)29)18(17)31-10(2)25/h14-21,23H,6-8H2,1-5H3/t14-,15+,16-,17-,18-,19-,20+,21-,23+/m1/s1. The van der Waals surface area contributed by atoms with Crippen LogP contribution in [0, 0.1) is 5.92 Å². The molecule has 4 aliphatic rings. The van der Waals surface area contributed by atoms with Crippen molar-refractivity contribution < 1.29 is 66.7 Å². The Kier molecular flexibility index (Phi) is 9.07. The lowest BCUT2D eigenvalue weighted by Gasteiger charge is -2.49. The highest BCUT2D eigenvalue weighted by atomic mass is 16.7. The second-order valence-electron chi connectivity index (χ2n) is 8.90. The molecular weight excluding hydrogens is 500 g/mol. The van der Waals surface area contributed by atoms with E-state index in [9.17, 15) is 28.8 Å². The SMILES string of the molecule is CC(=O)OC[C@H]1O[C@@H](O[C@H]2[C@H](OC(C)=O)[C@@H]3CC[C@H]2C(=O)O3)[C@H](OC(C)=O)[C@@H](OC(C)=O)[C@@H]1OC(C)=O. The average Bonchev–Trinajstić information content (AvgIpc) is 2.77. The third kappa shape index (κ3) is 6.95. The van der Waals surface area contributed by atoms with Gasteiger partial charge in [0.25, 0.3) is 0 Å². The van der Waals surface area contributed by atoms with Crippen LogP contribution in [-0.2, 0) is 66.7 Å². The minimum absolute atomic E-state index is 0.372. The molecule has 4 rings (SSSR count). The summed E-state index contributed by atoms with van der Waals surface area (Å²) in [5.74, 6) is -5.08. The summed E-state index contributed by atoms with van der Waals surface area (Å²) in [6.45, 7) is 5.19. The highest BCUT2D eigenvalue weighted by Gasteiger charge is 2.58. The van der Waals surface area contributed by atoms with Gasteiger partial charge in [0, 0.05) is 34.6 Å². The smallest absolute Gasteiger partial charge is 0.312 e. The second kappa shape index (κ2) is 11.9. The van der Waals surface area contributed by atoms with Crippen LogP contribution in [0.1, 0.15) is 47.5 Å². The molecular formula is C23H30O14. The molecule has 0 N–H and O–H groups in total. The molecule has 206 valence electrons. The van der Waals surface area contributed by atoms with E-state index >= 15 is 0 Å². The van der Waals surface area contributed by atoms with E-state index in [1.807, 2.05) is 0 Å². The highest BCUT2D eigenvalue weighted by molar-refractivity contribution is 5.76. The van der Waals surface area contributed by atoms with Gasteiger partial charge >= 0.3 is 35.8 Å². The van der Waals surface area contributed by atoms with Crippen molar-refractivity contribution in [1.29, 1.82) is 0 Å². The van der Waals surface area contributed by atoms with E-state index in [1.165, 1.54) is 6.92 Å². The van der Waals surface area contributed by atoms with Crippen LogP contribution in [0.25, 0.3) is 0 Å². The fourth-order valence-corrected chi connectivity index (χ4v) is 4.69. The second-order valence-corrected chi connectivity index (χ2v) is 8.90. The number of esters is 6. The molecule has 3 heterocycles. The van der Waals surface area contributed by atoms with Crippen molar-refractivity contribution >= 4 is 35.8 Å². The van der Waals surface area contributed by atoms with E-state index in [2.05, 4.69) is 0 Å². The van der Waals surface area contributed by atoms with E-state index in [4.69, 9.17) is 37.9 Å². The Labute approximate surface area is 212 Å². The van der Waals surface area contributed by atoms with E-state index in [-0.39, 0.29) is 0 Å². The molecule has 0 aromatic heterocycles. The van der Waals surface area contributed by atoms with Crippen LogP contribution < -0.4 is 0 Å². The Hall–Kier alpha value is -3.26. The summed E-state index contributed by atoms with van der Waals surface area (Å²) in [6.07, 6.45) is -9.03. The first-order valence-electron chi connectivity index (χ1n) is 11.7. The highest BCUT2D eigenvalue weighted by Crippen LogP contribution is 2.40. The van der Waals surface area contributed by atoms with Gasteiger partial charge in [-0.3, -0.25) is 28.8 Å². The van der Waals surface area contributed by atoms with Gasteiger partial charge < -0.3 is 37.9 Å². The summed E-state index contributed by atoms with van der Waals surface area (Å²) in [4.78, 5) is 71.5. The van der Waals surface area contributed by atoms with Gasteiger partial charge in [-0.25, -0.2) is 0 Å². The van der Waals surface area contributed by atoms with Gasteiger partial charge in [-0.05, 0) is 12.8 Å². The first-order valence-corrected chi connectivity index (χ1v) is 11.7. The largest absolute Gasteiger partial charge is 0.463 e. The fourth-order valence-electron chi connectivity index (χ4n) is 4.69. The summed E-state index contributed by atoms with van der Waals surface area (Å²) in [5.41, 5.74) is 0. The maximum atomic E-state index is 12.5. The van der Waals surface area contributed by atoms with Crippen molar-refractivity contribution in [3.05, 3.63) is 0 Å². The third-order valence-electron chi connectivity index (χ3n) is 5.96. The van der Waals surface area contributed by atoms with Gasteiger partial charge in [0.15, 0.2) is 30.7 Å². The molecule has 0 spiro atoms. The van der Waals surface area contributed by atoms with Crippen molar-refractivity contribution in [2.45, 2.75) is 96.5 Å². The molecule has 14 nitrogen and oxygen atoms in total. The predicted octanol–water partition coefficient (Wildman–Crippen LogP) is -0.278. The Balaban J connectivity index is 1.99. The molecule has 0 unspecified atom stereocenters. The number of carbonyl (C=O) groups excluding carboxylic acids is 6. The Bertz CT molecular complexity index is 930. The van der Waals surface area contributed by atoms with Crippen molar-refractivity contribution in [3.63, 3.8) is 0 Å². The normalized spacial score (nSPS) is 34.5. The van der Waals surface area contributed by atoms with Gasteiger partial charge in [-0.15, -0.1) is 0 Å². The summed E-state index contributed by atoms with van der Waals surface area (Å²) < 4.78 is 43.9. The number of carbonyl (C=O) groups is 6. The predicted molar refractivity (Wildman–Crippen MR) is 115 cm³/mol. The maximum absolute atomic E-state index is 12.5. The molecule has 3 saturated heterocycles. The monoisotopic (exact) mass is 530 g/mol. The van der Waals surface area contributed by atoms with E-state index in [0.29, 0.717) is 12.8 Å². The zero-order valence-corrected chi connectivity index (χ0v) is 21.0. The van der Waals surface area contributed by atoms with Crippen LogP contribution in [0.5, 0.6) is 0 Å². The molecule has 9 atom stereocenters. The molecule has 3 aliphatic heterocycles. The molecule has 0 amide bonds. The molecule has 1 aliphatic carbocycles. The van der Waals surface area contributed by atoms with Gasteiger partial charge in [-0.1, -0.05) is 0 Å². The Morgan fingerprint density at radius 3 is 1.78 bits per heavy atom. The topological polar surface area (TPSA) is 176 Å². The number of fused-ring (bicyclic) bond motifs is 3. The quantitative estimate of drug-likeness (QED) is 0.296. The maximum Gasteiger partial charge on any atom is 0.312 e. The zero-order valence-electron chi connectivity index (χ0n) is 21.0. The van der Waals surface area contributed by atoms with Gasteiger partial charge in [0.2, 0.25) is 0 Å². The summed E-state index contributed by atoms with van der Waals surface area (Å²) >= 11 is 0. The third-order valence-corrected chi connectivity index (χ3v) is 5.96. The first-order chi connectivity index (χ1) is 17.4. The number of hydrogen-bond donors (Lipinski definition) is 0. The average molecular weight is 530 g/mol. The lowest BCUT2D eigenvalue weighted by molar-refractivity contribution is -0.334. The van der Waals surface area contributed by atoms with Gasteiger partial charge in [0.05, 0.1) is 5.92 Å². The van der Waals surface area contributed by atoms with Crippen LogP contribution in [0.2, 0.25) is 0 Å². The number of rotatable bonds is 8. The van der Waals surface area contributed by atoms with Crippen molar-refractivity contribution in [1.82, 2.24) is 0 Å². The van der Waals surface area contributed by atoms with Crippen molar-refractivity contribution in [3.8, 4) is 0 Å². The summed E-state index contributed by atoms with van der Waals surface area (Å²) in [7, 11) is 0. The van der Waals surface area contributed by atoms with Crippen molar-refractivity contribution in [2.24, 2.45) is 5.92 Å². The molecule has 4 fully saturated rings. The first kappa shape index (κ1) is 28.3. The molecule has 0 radical (unpaired) electrons. The fraction of sp³-hybridized carbons (Fsp3) is 0.739. The van der Waals surface area contributed by atoms with Crippen LogP contribution in [0.3, 0.4) is 0 Å². The molecule has 1 saturated carbocycles. The summed E-state index contributed by atoms with van der Waals surface area (Å²) in [6, 6.07) is 0. The Morgan fingerprint density at radius 1 is 0.703 bits per heavy atom. The van der Waals surface area contributed by atoms with Gasteiger partial charge in [-0.2, -0.15) is 0 Å². The molecule has 0 aromatic carbocycles. The summed E-state index contributed by atoms with van der Waals surface area (Å²) in [5, 5.41) is 0. The molecule has 0 aromatic rings. The van der Waals surface area contributed by atoms with Crippen LogP contribution in [0.15, 0.2) is 0 Å². The molecule has 2 bridgehead atoms.